The zero-order chi connectivity index (χ0) is 17.5. The third-order valence-corrected chi connectivity index (χ3v) is 4.73. The lowest BCUT2D eigenvalue weighted by molar-refractivity contribution is 0.0949. The molecule has 0 fully saturated rings. The number of benzene rings is 2. The van der Waals surface area contributed by atoms with Gasteiger partial charge in [-0.1, -0.05) is 55.1 Å². The number of aromatic nitrogens is 3. The fraction of sp³-hybridized carbons (Fsp3) is 0.211. The second-order valence-electron chi connectivity index (χ2n) is 5.47. The van der Waals surface area contributed by atoms with Crippen molar-refractivity contribution in [3.8, 4) is 5.69 Å². The first-order chi connectivity index (χ1) is 12.3. The van der Waals surface area contributed by atoms with Crippen molar-refractivity contribution in [3.63, 3.8) is 0 Å². The SMILES string of the molecule is CCCSc1nnc(CNC(=O)c2ccccc2)n1-c1ccccc1. The van der Waals surface area contributed by atoms with Crippen molar-refractivity contribution in [2.24, 2.45) is 0 Å². The van der Waals surface area contributed by atoms with Crippen LogP contribution in [0.3, 0.4) is 0 Å². The first kappa shape index (κ1) is 17.2. The Labute approximate surface area is 151 Å². The number of nitrogens with one attached hydrogen (secondary N) is 1. The number of carbonyl (C=O) groups excluding carboxylic acids is 1. The van der Waals surface area contributed by atoms with Crippen LogP contribution >= 0.6 is 11.8 Å². The number of rotatable bonds is 7. The Morgan fingerprint density at radius 3 is 2.40 bits per heavy atom. The Bertz CT molecular complexity index is 818. The molecule has 0 saturated carbocycles. The molecule has 6 heteroatoms. The number of hydrogen-bond donors (Lipinski definition) is 1. The zero-order valence-electron chi connectivity index (χ0n) is 14.1. The molecule has 0 atom stereocenters. The van der Waals surface area contributed by atoms with Gasteiger partial charge < -0.3 is 5.32 Å². The normalized spacial score (nSPS) is 10.6. The minimum atomic E-state index is -0.119. The van der Waals surface area contributed by atoms with E-state index < -0.39 is 0 Å². The molecule has 128 valence electrons. The molecule has 1 heterocycles. The lowest BCUT2D eigenvalue weighted by Gasteiger charge is -2.10. The smallest absolute Gasteiger partial charge is 0.251 e. The van der Waals surface area contributed by atoms with Crippen LogP contribution in [0.2, 0.25) is 0 Å². The predicted molar refractivity (Wildman–Crippen MR) is 100.0 cm³/mol. The number of hydrogen-bond acceptors (Lipinski definition) is 4. The van der Waals surface area contributed by atoms with E-state index in [1.807, 2.05) is 53.1 Å². The topological polar surface area (TPSA) is 59.8 Å². The maximum absolute atomic E-state index is 12.3. The molecule has 5 nitrogen and oxygen atoms in total. The number of nitrogens with zero attached hydrogens (tertiary/aromatic N) is 3. The first-order valence-corrected chi connectivity index (χ1v) is 9.24. The van der Waals surface area contributed by atoms with Gasteiger partial charge in [-0.3, -0.25) is 9.36 Å². The Hall–Kier alpha value is -2.60. The highest BCUT2D eigenvalue weighted by Gasteiger charge is 2.15. The minimum Gasteiger partial charge on any atom is -0.345 e. The van der Waals surface area contributed by atoms with Crippen molar-refractivity contribution in [1.82, 2.24) is 20.1 Å². The molecule has 1 amide bonds. The largest absolute Gasteiger partial charge is 0.345 e. The predicted octanol–water partition coefficient (Wildman–Crippen LogP) is 3.70. The molecule has 3 aromatic rings. The molecular formula is C19H20N4OS. The van der Waals surface area contributed by atoms with E-state index in [2.05, 4.69) is 22.4 Å². The summed E-state index contributed by atoms with van der Waals surface area (Å²) in [6, 6.07) is 19.1. The lowest BCUT2D eigenvalue weighted by Crippen LogP contribution is -2.24. The van der Waals surface area contributed by atoms with Crippen molar-refractivity contribution < 1.29 is 4.79 Å². The molecular weight excluding hydrogens is 332 g/mol. The Morgan fingerprint density at radius 1 is 1.04 bits per heavy atom. The highest BCUT2D eigenvalue weighted by atomic mass is 32.2. The van der Waals surface area contributed by atoms with Crippen LogP contribution in [-0.4, -0.2) is 26.4 Å². The fourth-order valence-electron chi connectivity index (χ4n) is 2.39. The number of thioether (sulfide) groups is 1. The molecule has 1 aromatic heterocycles. The molecule has 0 spiro atoms. The highest BCUT2D eigenvalue weighted by Crippen LogP contribution is 2.22. The molecule has 0 saturated heterocycles. The van der Waals surface area contributed by atoms with Crippen molar-refractivity contribution >= 4 is 17.7 Å². The van der Waals surface area contributed by atoms with Gasteiger partial charge in [-0.15, -0.1) is 10.2 Å². The monoisotopic (exact) mass is 352 g/mol. The molecule has 0 aliphatic carbocycles. The van der Waals surface area contributed by atoms with E-state index >= 15 is 0 Å². The average molecular weight is 352 g/mol. The van der Waals surface area contributed by atoms with Crippen LogP contribution in [-0.2, 0) is 6.54 Å². The molecule has 25 heavy (non-hydrogen) atoms. The molecule has 1 N–H and O–H groups in total. The molecule has 0 aliphatic rings. The average Bonchev–Trinajstić information content (AvgIpc) is 3.08. The van der Waals surface area contributed by atoms with E-state index in [9.17, 15) is 4.79 Å². The van der Waals surface area contributed by atoms with E-state index in [0.717, 1.165) is 23.0 Å². The molecule has 2 aromatic carbocycles. The molecule has 3 rings (SSSR count). The molecule has 0 bridgehead atoms. The van der Waals surface area contributed by atoms with Gasteiger partial charge in [0.15, 0.2) is 11.0 Å². The van der Waals surface area contributed by atoms with Crippen molar-refractivity contribution in [2.45, 2.75) is 25.0 Å². The number of para-hydroxylation sites is 1. The van der Waals surface area contributed by atoms with Gasteiger partial charge >= 0.3 is 0 Å². The zero-order valence-corrected chi connectivity index (χ0v) is 14.9. The minimum absolute atomic E-state index is 0.119. The molecule has 0 unspecified atom stereocenters. The van der Waals surface area contributed by atoms with E-state index in [1.165, 1.54) is 0 Å². The summed E-state index contributed by atoms with van der Waals surface area (Å²) >= 11 is 1.67. The summed E-state index contributed by atoms with van der Waals surface area (Å²) in [5.41, 5.74) is 1.63. The van der Waals surface area contributed by atoms with Gasteiger partial charge in [-0.25, -0.2) is 0 Å². The summed E-state index contributed by atoms with van der Waals surface area (Å²) in [6.45, 7) is 2.46. The Kier molecular flexibility index (Phi) is 5.85. The van der Waals surface area contributed by atoms with Gasteiger partial charge in [0, 0.05) is 17.0 Å². The van der Waals surface area contributed by atoms with Gasteiger partial charge in [-0.2, -0.15) is 0 Å². The van der Waals surface area contributed by atoms with Crippen LogP contribution in [0.4, 0.5) is 0 Å². The standard InChI is InChI=1S/C19H20N4OS/c1-2-13-25-19-22-21-17(23(19)16-11-7-4-8-12-16)14-20-18(24)15-9-5-3-6-10-15/h3-12H,2,13-14H2,1H3,(H,20,24). The maximum Gasteiger partial charge on any atom is 0.251 e. The maximum atomic E-state index is 12.3. The quantitative estimate of drug-likeness (QED) is 0.659. The van der Waals surface area contributed by atoms with Crippen LogP contribution < -0.4 is 5.32 Å². The van der Waals surface area contributed by atoms with Crippen LogP contribution in [0, 0.1) is 0 Å². The summed E-state index contributed by atoms with van der Waals surface area (Å²) in [5.74, 6) is 1.57. The lowest BCUT2D eigenvalue weighted by atomic mass is 10.2. The number of amides is 1. The summed E-state index contributed by atoms with van der Waals surface area (Å²) < 4.78 is 2.01. The van der Waals surface area contributed by atoms with Crippen molar-refractivity contribution in [3.05, 3.63) is 72.1 Å². The van der Waals surface area contributed by atoms with E-state index in [-0.39, 0.29) is 5.91 Å². The number of carbonyl (C=O) groups is 1. The Morgan fingerprint density at radius 2 is 1.72 bits per heavy atom. The van der Waals surface area contributed by atoms with Crippen molar-refractivity contribution in [1.29, 1.82) is 0 Å². The molecule has 0 aliphatic heterocycles. The first-order valence-electron chi connectivity index (χ1n) is 8.25. The van der Waals surface area contributed by atoms with Crippen LogP contribution in [0.25, 0.3) is 5.69 Å². The van der Waals surface area contributed by atoms with Gasteiger partial charge in [-0.05, 0) is 30.7 Å². The van der Waals surface area contributed by atoms with Gasteiger partial charge in [0.1, 0.15) is 0 Å². The van der Waals surface area contributed by atoms with E-state index in [0.29, 0.717) is 17.9 Å². The van der Waals surface area contributed by atoms with E-state index in [4.69, 9.17) is 0 Å². The third-order valence-electron chi connectivity index (χ3n) is 3.59. The summed E-state index contributed by atoms with van der Waals surface area (Å²) in [6.07, 6.45) is 1.06. The molecule has 0 radical (unpaired) electrons. The second kappa shape index (κ2) is 8.48. The van der Waals surface area contributed by atoms with Crippen LogP contribution in [0.15, 0.2) is 65.8 Å². The van der Waals surface area contributed by atoms with Crippen LogP contribution in [0.5, 0.6) is 0 Å². The van der Waals surface area contributed by atoms with E-state index in [1.54, 1.807) is 23.9 Å². The second-order valence-corrected chi connectivity index (χ2v) is 6.53. The summed E-state index contributed by atoms with van der Waals surface area (Å²) in [5, 5.41) is 12.4. The Balaban J connectivity index is 1.81. The van der Waals surface area contributed by atoms with Gasteiger partial charge in [0.25, 0.3) is 5.91 Å². The van der Waals surface area contributed by atoms with Gasteiger partial charge in [0.05, 0.1) is 6.54 Å². The summed E-state index contributed by atoms with van der Waals surface area (Å²) in [7, 11) is 0. The van der Waals surface area contributed by atoms with Crippen LogP contribution in [0.1, 0.15) is 29.5 Å². The summed E-state index contributed by atoms with van der Waals surface area (Å²) in [4.78, 5) is 12.3. The van der Waals surface area contributed by atoms with Gasteiger partial charge in [0.2, 0.25) is 0 Å². The third kappa shape index (κ3) is 4.28. The fourth-order valence-corrected chi connectivity index (χ4v) is 3.21. The van der Waals surface area contributed by atoms with Crippen molar-refractivity contribution in [2.75, 3.05) is 5.75 Å². The highest BCUT2D eigenvalue weighted by molar-refractivity contribution is 7.99.